The van der Waals surface area contributed by atoms with Crippen molar-refractivity contribution in [2.45, 2.75) is 63.7 Å². The number of piperidine rings is 1. The molecule has 4 amide bonds. The fourth-order valence-corrected chi connectivity index (χ4v) is 5.75. The number of amides is 4. The zero-order valence-electron chi connectivity index (χ0n) is 28.5. The lowest BCUT2D eigenvalue weighted by Crippen LogP contribution is -2.53. The summed E-state index contributed by atoms with van der Waals surface area (Å²) in [6.07, 6.45) is 1.36. The van der Waals surface area contributed by atoms with E-state index in [1.807, 2.05) is 4.90 Å². The zero-order chi connectivity index (χ0) is 37.1. The van der Waals surface area contributed by atoms with Crippen LogP contribution in [0.3, 0.4) is 0 Å². The monoisotopic (exact) mass is 704 g/mol. The lowest BCUT2D eigenvalue weighted by atomic mass is 9.97. The molecular formula is C37H39F3N6O5. The van der Waals surface area contributed by atoms with E-state index >= 15 is 0 Å². The third-order valence-corrected chi connectivity index (χ3v) is 9.21. The summed E-state index contributed by atoms with van der Waals surface area (Å²) in [7, 11) is 1.46. The highest BCUT2D eigenvalue weighted by atomic mass is 19.4. The van der Waals surface area contributed by atoms with Gasteiger partial charge in [-0.15, -0.1) is 0 Å². The maximum absolute atomic E-state index is 13.3. The number of aldehydes is 1. The standard InChI is InChI=1S/C37H39F3N6O5/c1-36(2,35(51)43-30-11-9-27(37(38,39)40)15-26(30)14-22-4-5-22)42-18-23(17-41)6-7-24-19-46(20-24)28-10-8-25(21-47)29(16-28)34(50)45(3)31-12-13-32(48)44-33(31)49/h8-11,15-18,21-22,24,31H,4-5,12-14,19-20,41H2,1-3H3,(H,43,51)(H,44,48,49). The second-order valence-corrected chi connectivity index (χ2v) is 13.6. The molecule has 4 N–H and O–H groups in total. The van der Waals surface area contributed by atoms with Crippen LogP contribution in [0.2, 0.25) is 0 Å². The number of alkyl halides is 3. The quantitative estimate of drug-likeness (QED) is 0.146. The normalized spacial score (nSPS) is 18.4. The Balaban J connectivity index is 1.20. The molecule has 0 radical (unpaired) electrons. The minimum Gasteiger partial charge on any atom is -0.404 e. The molecule has 51 heavy (non-hydrogen) atoms. The van der Waals surface area contributed by atoms with Crippen LogP contribution in [0, 0.1) is 23.7 Å². The Morgan fingerprint density at radius 3 is 2.47 bits per heavy atom. The van der Waals surface area contributed by atoms with Gasteiger partial charge < -0.3 is 20.9 Å². The summed E-state index contributed by atoms with van der Waals surface area (Å²) in [5.41, 5.74) is 5.86. The first-order valence-electron chi connectivity index (χ1n) is 16.5. The van der Waals surface area contributed by atoms with Gasteiger partial charge in [0.15, 0.2) is 6.29 Å². The number of halogens is 3. The summed E-state index contributed by atoms with van der Waals surface area (Å²) in [4.78, 5) is 69.7. The molecule has 5 rings (SSSR count). The van der Waals surface area contributed by atoms with E-state index in [4.69, 9.17) is 5.73 Å². The van der Waals surface area contributed by atoms with Crippen LogP contribution in [0.5, 0.6) is 0 Å². The SMILES string of the molecule is CN(C(=O)c1cc(N2CC(C#CC(C=NC(C)(C)C(=O)Nc3ccc(C(F)(F)F)cc3CC3CC3)=CN)C2)ccc1C=O)C1CCC(=O)NC1=O. The average molecular weight is 705 g/mol. The van der Waals surface area contributed by atoms with Crippen LogP contribution < -0.4 is 21.3 Å². The molecule has 2 aliphatic heterocycles. The summed E-state index contributed by atoms with van der Waals surface area (Å²) < 4.78 is 40.0. The molecule has 3 fully saturated rings. The van der Waals surface area contributed by atoms with E-state index in [1.165, 1.54) is 30.4 Å². The van der Waals surface area contributed by atoms with E-state index in [9.17, 15) is 37.1 Å². The van der Waals surface area contributed by atoms with Gasteiger partial charge in [-0.3, -0.25) is 34.3 Å². The predicted octanol–water partition coefficient (Wildman–Crippen LogP) is 4.12. The molecule has 2 aromatic carbocycles. The Labute approximate surface area is 293 Å². The molecule has 2 aromatic rings. The lowest BCUT2D eigenvalue weighted by Gasteiger charge is -2.38. The fourth-order valence-electron chi connectivity index (χ4n) is 5.75. The number of carbonyl (C=O) groups is 5. The number of nitrogens with zero attached hydrogens (tertiary/aromatic N) is 3. The molecule has 1 saturated carbocycles. The van der Waals surface area contributed by atoms with Crippen molar-refractivity contribution < 1.29 is 37.1 Å². The van der Waals surface area contributed by atoms with E-state index in [2.05, 4.69) is 27.5 Å². The van der Waals surface area contributed by atoms with Crippen molar-refractivity contribution >= 4 is 47.5 Å². The van der Waals surface area contributed by atoms with E-state index in [0.717, 1.165) is 25.0 Å². The molecule has 1 atom stereocenters. The number of allylic oxidation sites excluding steroid dienone is 1. The van der Waals surface area contributed by atoms with Gasteiger partial charge in [-0.05, 0) is 87.4 Å². The van der Waals surface area contributed by atoms with Crippen molar-refractivity contribution in [3.05, 3.63) is 70.4 Å². The van der Waals surface area contributed by atoms with Crippen LogP contribution >= 0.6 is 0 Å². The molecule has 11 nitrogen and oxygen atoms in total. The number of carbonyl (C=O) groups excluding carboxylic acids is 5. The van der Waals surface area contributed by atoms with Crippen molar-refractivity contribution in [2.24, 2.45) is 22.6 Å². The van der Waals surface area contributed by atoms with Gasteiger partial charge in [0, 0.05) is 55.9 Å². The van der Waals surface area contributed by atoms with E-state index < -0.39 is 46.9 Å². The fraction of sp³-hybridized carbons (Fsp3) is 0.405. The van der Waals surface area contributed by atoms with Gasteiger partial charge in [0.25, 0.3) is 11.8 Å². The number of nitrogens with two attached hydrogens (primary N) is 1. The molecule has 1 aliphatic carbocycles. The Kier molecular flexibility index (Phi) is 10.7. The summed E-state index contributed by atoms with van der Waals surface area (Å²) in [5.74, 6) is 4.36. The van der Waals surface area contributed by atoms with Crippen molar-refractivity contribution in [2.75, 3.05) is 30.4 Å². The summed E-state index contributed by atoms with van der Waals surface area (Å²) in [6.45, 7) is 4.19. The van der Waals surface area contributed by atoms with Crippen molar-refractivity contribution in [3.63, 3.8) is 0 Å². The first kappa shape index (κ1) is 36.8. The minimum atomic E-state index is -4.49. The molecule has 14 heteroatoms. The second-order valence-electron chi connectivity index (χ2n) is 13.6. The Morgan fingerprint density at radius 1 is 1.12 bits per heavy atom. The van der Waals surface area contributed by atoms with Crippen LogP contribution in [0.15, 0.2) is 53.2 Å². The summed E-state index contributed by atoms with van der Waals surface area (Å²) in [5, 5.41) is 4.99. The molecular weight excluding hydrogens is 665 g/mol. The maximum atomic E-state index is 13.3. The van der Waals surface area contributed by atoms with Gasteiger partial charge in [0.05, 0.1) is 22.6 Å². The smallest absolute Gasteiger partial charge is 0.404 e. The van der Waals surface area contributed by atoms with Crippen LogP contribution in [-0.2, 0) is 27.0 Å². The Bertz CT molecular complexity index is 1870. The molecule has 1 unspecified atom stereocenters. The Hall–Kier alpha value is -5.45. The highest BCUT2D eigenvalue weighted by Crippen LogP contribution is 2.38. The predicted molar refractivity (Wildman–Crippen MR) is 185 cm³/mol. The van der Waals surface area contributed by atoms with E-state index in [0.29, 0.717) is 54.2 Å². The largest absolute Gasteiger partial charge is 0.416 e. The average Bonchev–Trinajstić information content (AvgIpc) is 3.89. The first-order chi connectivity index (χ1) is 24.1. The molecule has 2 saturated heterocycles. The minimum absolute atomic E-state index is 0.0646. The van der Waals surface area contributed by atoms with E-state index in [1.54, 1.807) is 32.0 Å². The number of hydrogen-bond acceptors (Lipinski definition) is 8. The van der Waals surface area contributed by atoms with Crippen LogP contribution in [-0.4, -0.2) is 72.7 Å². The number of nitrogens with one attached hydrogen (secondary N) is 2. The highest BCUT2D eigenvalue weighted by Gasteiger charge is 2.35. The molecule has 268 valence electrons. The zero-order valence-corrected chi connectivity index (χ0v) is 28.5. The number of hydrogen-bond donors (Lipinski definition) is 3. The number of likely N-dealkylation sites (N-methyl/N-ethyl adjacent to an activating group) is 1. The van der Waals surface area contributed by atoms with Gasteiger partial charge >= 0.3 is 6.18 Å². The number of anilines is 2. The van der Waals surface area contributed by atoms with Crippen molar-refractivity contribution in [1.29, 1.82) is 0 Å². The molecule has 3 aliphatic rings. The van der Waals surface area contributed by atoms with Crippen molar-refractivity contribution in [3.8, 4) is 11.8 Å². The summed E-state index contributed by atoms with van der Waals surface area (Å²) >= 11 is 0. The van der Waals surface area contributed by atoms with Gasteiger partial charge in [-0.1, -0.05) is 11.8 Å². The highest BCUT2D eigenvalue weighted by molar-refractivity contribution is 6.06. The third-order valence-electron chi connectivity index (χ3n) is 9.21. The molecule has 2 heterocycles. The lowest BCUT2D eigenvalue weighted by molar-refractivity contribution is -0.138. The van der Waals surface area contributed by atoms with E-state index in [-0.39, 0.29) is 29.9 Å². The second kappa shape index (κ2) is 14.8. The first-order valence-corrected chi connectivity index (χ1v) is 16.5. The maximum Gasteiger partial charge on any atom is 0.416 e. The number of imide groups is 1. The third kappa shape index (κ3) is 8.83. The molecule has 0 aromatic heterocycles. The Morgan fingerprint density at radius 2 is 1.84 bits per heavy atom. The van der Waals surface area contributed by atoms with Crippen LogP contribution in [0.25, 0.3) is 0 Å². The van der Waals surface area contributed by atoms with Crippen LogP contribution in [0.1, 0.15) is 71.4 Å². The van der Waals surface area contributed by atoms with Crippen molar-refractivity contribution in [1.82, 2.24) is 10.2 Å². The van der Waals surface area contributed by atoms with Crippen LogP contribution in [0.4, 0.5) is 24.5 Å². The van der Waals surface area contributed by atoms with Gasteiger partial charge in [-0.2, -0.15) is 13.2 Å². The summed E-state index contributed by atoms with van der Waals surface area (Å²) in [6, 6.07) is 7.37. The number of aliphatic imine (C=N–C) groups is 1. The number of rotatable bonds is 10. The van der Waals surface area contributed by atoms with Gasteiger partial charge in [0.1, 0.15) is 11.6 Å². The molecule has 0 spiro atoms. The van der Waals surface area contributed by atoms with Gasteiger partial charge in [-0.25, -0.2) is 0 Å². The van der Waals surface area contributed by atoms with Gasteiger partial charge in [0.2, 0.25) is 11.8 Å². The number of benzene rings is 2. The molecule has 0 bridgehead atoms. The topological polar surface area (TPSA) is 154 Å².